The zero-order valence-corrected chi connectivity index (χ0v) is 18.0. The largest absolute Gasteiger partial charge is 0.381 e. The molecule has 1 aliphatic carbocycles. The van der Waals surface area contributed by atoms with E-state index in [-0.39, 0.29) is 12.4 Å². The summed E-state index contributed by atoms with van der Waals surface area (Å²) < 4.78 is 11.8. The molecule has 4 aliphatic rings. The highest BCUT2D eigenvalue weighted by atomic mass is 35.5. The predicted octanol–water partition coefficient (Wildman–Crippen LogP) is 3.59. The van der Waals surface area contributed by atoms with Crippen LogP contribution in [0.4, 0.5) is 5.69 Å². The topological polar surface area (TPSA) is 71.0 Å². The fraction of sp³-hybridized carbons (Fsp3) is 0.619. The van der Waals surface area contributed by atoms with Gasteiger partial charge in [0.05, 0.1) is 41.3 Å². The van der Waals surface area contributed by atoms with Gasteiger partial charge in [0.1, 0.15) is 0 Å². The number of rotatable bonds is 3. The van der Waals surface area contributed by atoms with E-state index < -0.39 is 0 Å². The summed E-state index contributed by atoms with van der Waals surface area (Å²) in [4.78, 5) is 3.57. The van der Waals surface area contributed by atoms with Crippen LogP contribution >= 0.6 is 24.0 Å². The van der Waals surface area contributed by atoms with Crippen molar-refractivity contribution < 1.29 is 9.47 Å². The molecule has 0 unspecified atom stereocenters. The molecule has 0 atom stereocenters. The van der Waals surface area contributed by atoms with Crippen LogP contribution in [-0.4, -0.2) is 37.0 Å². The van der Waals surface area contributed by atoms with Crippen molar-refractivity contribution >= 4 is 41.5 Å². The smallest absolute Gasteiger partial charge is 0.0895 e. The number of allylic oxidation sites excluding steroid dienone is 1. The molecule has 0 amide bonds. The van der Waals surface area contributed by atoms with Crippen LogP contribution in [0, 0.1) is 5.92 Å². The molecule has 1 saturated heterocycles. The molecule has 0 aromatic carbocycles. The van der Waals surface area contributed by atoms with Gasteiger partial charge < -0.3 is 19.8 Å². The van der Waals surface area contributed by atoms with Gasteiger partial charge in [0.25, 0.3) is 0 Å². The van der Waals surface area contributed by atoms with Crippen molar-refractivity contribution in [2.75, 3.05) is 25.1 Å². The average Bonchev–Trinajstić information content (AvgIpc) is 3.00. The third-order valence-corrected chi connectivity index (χ3v) is 6.71. The molecule has 8 heteroatoms. The zero-order valence-electron chi connectivity index (χ0n) is 16.5. The maximum absolute atomic E-state index is 6.77. The third-order valence-electron chi connectivity index (χ3n) is 6.36. The second-order valence-corrected chi connectivity index (χ2v) is 8.49. The Morgan fingerprint density at radius 2 is 1.83 bits per heavy atom. The van der Waals surface area contributed by atoms with Crippen LogP contribution in [-0.2, 0) is 16.0 Å². The fourth-order valence-corrected chi connectivity index (χ4v) is 5.21. The van der Waals surface area contributed by atoms with E-state index in [1.807, 2.05) is 6.20 Å². The molecule has 2 N–H and O–H groups in total. The maximum Gasteiger partial charge on any atom is 0.0895 e. The van der Waals surface area contributed by atoms with Crippen molar-refractivity contribution in [2.24, 2.45) is 16.1 Å². The minimum atomic E-state index is 0. The molecule has 2 fully saturated rings. The summed E-state index contributed by atoms with van der Waals surface area (Å²) in [6, 6.07) is 0. The number of aromatic nitrogens is 1. The number of ether oxygens (including phenoxy) is 2. The Bertz CT molecular complexity index is 910. The lowest BCUT2D eigenvalue weighted by molar-refractivity contribution is -0.0800. The highest BCUT2D eigenvalue weighted by Gasteiger charge is 2.30. The number of azo groups is 1. The van der Waals surface area contributed by atoms with Gasteiger partial charge in [-0.05, 0) is 56.1 Å². The molecule has 1 aromatic rings. The van der Waals surface area contributed by atoms with Crippen LogP contribution in [0.5, 0.6) is 0 Å². The number of hydrogen-bond donors (Lipinski definition) is 2. The highest BCUT2D eigenvalue weighted by Crippen LogP contribution is 2.38. The van der Waals surface area contributed by atoms with Crippen LogP contribution in [0.15, 0.2) is 21.3 Å². The van der Waals surface area contributed by atoms with E-state index in [1.54, 1.807) is 0 Å². The van der Waals surface area contributed by atoms with Gasteiger partial charge in [0, 0.05) is 30.4 Å². The SMILES string of the molecule is Cl.ClC1=CCNc2c3c([nH]c2=C1[C@H]1CC[C@H](OC2CCOCC2)CC1)=CN=NC3. The first kappa shape index (κ1) is 20.9. The minimum absolute atomic E-state index is 0. The molecule has 0 bridgehead atoms. The van der Waals surface area contributed by atoms with E-state index in [2.05, 4.69) is 26.6 Å². The predicted molar refractivity (Wildman–Crippen MR) is 117 cm³/mol. The minimum Gasteiger partial charge on any atom is -0.381 e. The molecule has 0 radical (unpaired) electrons. The van der Waals surface area contributed by atoms with Crippen LogP contribution in [0.1, 0.15) is 44.1 Å². The lowest BCUT2D eigenvalue weighted by Gasteiger charge is -2.33. The lowest BCUT2D eigenvalue weighted by Crippen LogP contribution is -2.32. The summed E-state index contributed by atoms with van der Waals surface area (Å²) in [5, 5.41) is 14.8. The van der Waals surface area contributed by atoms with Gasteiger partial charge in [-0.15, -0.1) is 12.4 Å². The Morgan fingerprint density at radius 1 is 1.07 bits per heavy atom. The summed E-state index contributed by atoms with van der Waals surface area (Å²) >= 11 is 6.77. The van der Waals surface area contributed by atoms with Crippen LogP contribution in [0.3, 0.4) is 0 Å². The van der Waals surface area contributed by atoms with Gasteiger partial charge in [0.15, 0.2) is 0 Å². The average molecular weight is 439 g/mol. The second-order valence-electron chi connectivity index (χ2n) is 8.08. The summed E-state index contributed by atoms with van der Waals surface area (Å²) in [5.74, 6) is 0.450. The Kier molecular flexibility index (Phi) is 6.64. The number of anilines is 1. The van der Waals surface area contributed by atoms with Crippen molar-refractivity contribution in [1.82, 2.24) is 4.98 Å². The van der Waals surface area contributed by atoms with Gasteiger partial charge in [-0.3, -0.25) is 0 Å². The Labute approximate surface area is 181 Å². The van der Waals surface area contributed by atoms with E-state index in [1.165, 1.54) is 11.1 Å². The molecule has 0 spiro atoms. The second kappa shape index (κ2) is 9.21. The van der Waals surface area contributed by atoms with Gasteiger partial charge in [0.2, 0.25) is 0 Å². The van der Waals surface area contributed by atoms with Crippen molar-refractivity contribution in [1.29, 1.82) is 0 Å². The van der Waals surface area contributed by atoms with Crippen molar-refractivity contribution in [3.63, 3.8) is 0 Å². The number of nitrogens with one attached hydrogen (secondary N) is 2. The van der Waals surface area contributed by atoms with E-state index in [9.17, 15) is 0 Å². The monoisotopic (exact) mass is 438 g/mol. The number of hydrogen-bond acceptors (Lipinski definition) is 5. The van der Waals surface area contributed by atoms with E-state index in [0.717, 1.165) is 79.7 Å². The van der Waals surface area contributed by atoms with Crippen molar-refractivity contribution in [2.45, 2.75) is 57.3 Å². The first-order valence-corrected chi connectivity index (χ1v) is 10.8. The standard InChI is InChI=1S/C21H27ClN4O2.ClH/c22-17-5-8-23-20-16-11-24-25-12-18(16)26-21(20)19(17)13-1-3-14(4-2-13)28-15-6-9-27-10-7-15;/h5,12-15,23,26H,1-4,6-11H2;1H/t13-,14-;. The quantitative estimate of drug-likeness (QED) is 0.756. The number of aromatic amines is 1. The Balaban J connectivity index is 0.00000205. The van der Waals surface area contributed by atoms with E-state index in [0.29, 0.717) is 24.7 Å². The van der Waals surface area contributed by atoms with E-state index in [4.69, 9.17) is 21.1 Å². The molecule has 3 aliphatic heterocycles. The Morgan fingerprint density at radius 3 is 2.62 bits per heavy atom. The van der Waals surface area contributed by atoms with Crippen molar-refractivity contribution in [3.8, 4) is 0 Å². The molecule has 4 heterocycles. The number of nitrogens with zero attached hydrogens (tertiary/aromatic N) is 2. The van der Waals surface area contributed by atoms with Crippen LogP contribution in [0.25, 0.3) is 11.8 Å². The highest BCUT2D eigenvalue weighted by molar-refractivity contribution is 6.36. The van der Waals surface area contributed by atoms with Crippen LogP contribution in [0.2, 0.25) is 0 Å². The number of fused-ring (bicyclic) bond motifs is 3. The molecule has 5 rings (SSSR count). The fourth-order valence-electron chi connectivity index (χ4n) is 4.88. The summed E-state index contributed by atoms with van der Waals surface area (Å²) in [6.07, 6.45) is 11.1. The normalized spacial score (nSPS) is 26.9. The third kappa shape index (κ3) is 4.26. The van der Waals surface area contributed by atoms with Gasteiger partial charge in [-0.2, -0.15) is 10.2 Å². The molecule has 158 valence electrons. The lowest BCUT2D eigenvalue weighted by atomic mass is 9.81. The summed E-state index contributed by atoms with van der Waals surface area (Å²) in [5.41, 5.74) is 3.58. The molecule has 1 aromatic heterocycles. The summed E-state index contributed by atoms with van der Waals surface area (Å²) in [7, 11) is 0. The molecule has 6 nitrogen and oxygen atoms in total. The first-order chi connectivity index (χ1) is 13.8. The number of H-pyrrole nitrogens is 1. The summed E-state index contributed by atoms with van der Waals surface area (Å²) in [6.45, 7) is 3.02. The van der Waals surface area contributed by atoms with Crippen molar-refractivity contribution in [3.05, 3.63) is 27.4 Å². The molecular weight excluding hydrogens is 411 g/mol. The zero-order chi connectivity index (χ0) is 18.9. The molecule has 1 saturated carbocycles. The van der Waals surface area contributed by atoms with E-state index >= 15 is 0 Å². The van der Waals surface area contributed by atoms with Gasteiger partial charge in [-0.25, -0.2) is 0 Å². The van der Waals surface area contributed by atoms with Gasteiger partial charge >= 0.3 is 0 Å². The number of halogens is 2. The first-order valence-electron chi connectivity index (χ1n) is 10.4. The van der Waals surface area contributed by atoms with Gasteiger partial charge in [-0.1, -0.05) is 11.6 Å². The van der Waals surface area contributed by atoms with Crippen LogP contribution < -0.4 is 16.0 Å². The Hall–Kier alpha value is -1.34. The molecular formula is C21H28Cl2N4O2. The maximum atomic E-state index is 6.77. The molecule has 29 heavy (non-hydrogen) atoms.